The predicted octanol–water partition coefficient (Wildman–Crippen LogP) is 9.15. The van der Waals surface area contributed by atoms with Crippen LogP contribution in [0.2, 0.25) is 0 Å². The maximum atomic E-state index is 14.0. The zero-order valence-electron chi connectivity index (χ0n) is 32.2. The van der Waals surface area contributed by atoms with Gasteiger partial charge in [0.1, 0.15) is 11.5 Å². The topological polar surface area (TPSA) is 124 Å². The number of esters is 4. The molecule has 54 heavy (non-hydrogen) atoms. The second-order valence-electron chi connectivity index (χ2n) is 14.4. The van der Waals surface area contributed by atoms with Gasteiger partial charge in [0.2, 0.25) is 0 Å². The molecule has 0 N–H and O–H groups in total. The van der Waals surface area contributed by atoms with E-state index in [9.17, 15) is 19.2 Å². The Hall–Kier alpha value is -4.60. The number of benzene rings is 2. The van der Waals surface area contributed by atoms with Crippen molar-refractivity contribution in [2.45, 2.75) is 115 Å². The molecule has 0 bridgehead atoms. The van der Waals surface area contributed by atoms with Gasteiger partial charge in [-0.2, -0.15) is 0 Å². The van der Waals surface area contributed by atoms with E-state index in [4.69, 9.17) is 28.4 Å². The molecule has 0 aromatic heterocycles. The van der Waals surface area contributed by atoms with Crippen LogP contribution >= 0.6 is 0 Å². The Morgan fingerprint density at radius 2 is 0.944 bits per heavy atom. The molecule has 4 rings (SSSR count). The molecule has 10 heteroatoms. The summed E-state index contributed by atoms with van der Waals surface area (Å²) < 4.78 is 34.9. The molecule has 0 aliphatic heterocycles. The van der Waals surface area contributed by atoms with Crippen LogP contribution in [0.5, 0.6) is 11.5 Å². The van der Waals surface area contributed by atoms with Crippen LogP contribution in [-0.2, 0) is 28.5 Å². The van der Waals surface area contributed by atoms with Gasteiger partial charge in [-0.3, -0.25) is 0 Å². The van der Waals surface area contributed by atoms with E-state index in [-0.39, 0.29) is 13.2 Å². The van der Waals surface area contributed by atoms with E-state index in [1.54, 1.807) is 48.5 Å². The first kappa shape index (κ1) is 42.1. The Labute approximate surface area is 320 Å². The van der Waals surface area contributed by atoms with Gasteiger partial charge in [-0.05, 0) is 112 Å². The molecule has 0 unspecified atom stereocenters. The molecule has 0 amide bonds. The van der Waals surface area contributed by atoms with E-state index in [2.05, 4.69) is 27.0 Å². The average Bonchev–Trinajstić information content (AvgIpc) is 3.19. The first-order valence-electron chi connectivity index (χ1n) is 19.7. The highest BCUT2D eigenvalue weighted by molar-refractivity contribution is 5.91. The first-order chi connectivity index (χ1) is 26.2. The number of carbonyl (C=O) groups excluding carboxylic acids is 4. The lowest BCUT2D eigenvalue weighted by Crippen LogP contribution is -2.61. The van der Waals surface area contributed by atoms with E-state index < -0.39 is 35.1 Å². The molecule has 2 aromatic rings. The predicted molar refractivity (Wildman–Crippen MR) is 205 cm³/mol. The molecule has 2 fully saturated rings. The Kier molecular flexibility index (Phi) is 16.6. The van der Waals surface area contributed by atoms with E-state index in [0.29, 0.717) is 86.2 Å². The summed E-state index contributed by atoms with van der Waals surface area (Å²) in [4.78, 5) is 50.6. The molecular formula is C44H58O10. The average molecular weight is 747 g/mol. The largest absolute Gasteiger partial charge is 0.493 e. The summed E-state index contributed by atoms with van der Waals surface area (Å²) in [5.74, 6) is 0.396. The summed E-state index contributed by atoms with van der Waals surface area (Å²) in [6.07, 6.45) is 13.8. The van der Waals surface area contributed by atoms with Crippen molar-refractivity contribution < 1.29 is 47.6 Å². The first-order valence-corrected chi connectivity index (χ1v) is 19.7. The molecule has 0 heterocycles. The smallest absolute Gasteiger partial charge is 0.338 e. The van der Waals surface area contributed by atoms with Crippen molar-refractivity contribution in [3.8, 4) is 11.5 Å². The highest BCUT2D eigenvalue weighted by Crippen LogP contribution is 2.53. The van der Waals surface area contributed by atoms with E-state index in [0.717, 1.165) is 63.5 Å². The standard InChI is InChI=1S/C44H58O10/c1-5-11-33-21-25-43(26-22-33,53-41(47)35-13-17-37(18-14-35)49-29-9-31-51-39(45)7-3)44(27-23-34(12-6-2)24-28-44)54-42(48)36-15-19-38(20-16-36)50-30-10-32-52-40(46)8-4/h7-8,13-20,33-34H,3-6,9-12,21-32H2,1-2H3. The minimum atomic E-state index is -0.975. The molecule has 0 saturated heterocycles. The summed E-state index contributed by atoms with van der Waals surface area (Å²) in [6, 6.07) is 13.7. The number of rotatable bonds is 21. The third-order valence-corrected chi connectivity index (χ3v) is 10.7. The van der Waals surface area contributed by atoms with Gasteiger partial charge >= 0.3 is 23.9 Å². The van der Waals surface area contributed by atoms with Crippen molar-refractivity contribution in [1.29, 1.82) is 0 Å². The maximum Gasteiger partial charge on any atom is 0.338 e. The zero-order chi connectivity index (χ0) is 38.8. The van der Waals surface area contributed by atoms with Gasteiger partial charge in [-0.15, -0.1) is 0 Å². The molecule has 2 aromatic carbocycles. The molecule has 0 spiro atoms. The number of ether oxygens (including phenoxy) is 6. The van der Waals surface area contributed by atoms with Crippen LogP contribution in [0.3, 0.4) is 0 Å². The quantitative estimate of drug-likeness (QED) is 0.0529. The Balaban J connectivity index is 1.51. The fraction of sp³-hybridized carbons (Fsp3) is 0.545. The van der Waals surface area contributed by atoms with Crippen molar-refractivity contribution >= 4 is 23.9 Å². The summed E-state index contributed by atoms with van der Waals surface area (Å²) >= 11 is 0. The van der Waals surface area contributed by atoms with Crippen LogP contribution in [-0.4, -0.2) is 61.5 Å². The van der Waals surface area contributed by atoms with Gasteiger partial charge in [0.25, 0.3) is 0 Å². The monoisotopic (exact) mass is 746 g/mol. The SMILES string of the molecule is C=CC(=O)OCCCOc1ccc(C(=O)OC2(C3(OC(=O)c4ccc(OCCCOC(=O)C=C)cc4)CCC(CCC)CC3)CCC(CCC)CC2)cc1. The van der Waals surface area contributed by atoms with Crippen molar-refractivity contribution in [2.75, 3.05) is 26.4 Å². The van der Waals surface area contributed by atoms with Crippen molar-refractivity contribution in [3.05, 3.63) is 85.0 Å². The van der Waals surface area contributed by atoms with Gasteiger partial charge in [-0.25, -0.2) is 19.2 Å². The molecule has 2 aliphatic carbocycles. The number of hydrogen-bond acceptors (Lipinski definition) is 10. The van der Waals surface area contributed by atoms with Crippen LogP contribution < -0.4 is 9.47 Å². The van der Waals surface area contributed by atoms with Crippen LogP contribution in [0, 0.1) is 11.8 Å². The molecule has 0 radical (unpaired) electrons. The molecule has 2 aliphatic rings. The summed E-state index contributed by atoms with van der Waals surface area (Å²) in [6.45, 7) is 12.3. The lowest BCUT2D eigenvalue weighted by atomic mass is 9.62. The maximum absolute atomic E-state index is 14.0. The molecule has 10 nitrogen and oxygen atoms in total. The summed E-state index contributed by atoms with van der Waals surface area (Å²) in [5, 5.41) is 0. The summed E-state index contributed by atoms with van der Waals surface area (Å²) in [7, 11) is 0. The molecule has 294 valence electrons. The van der Waals surface area contributed by atoms with Crippen molar-refractivity contribution in [2.24, 2.45) is 11.8 Å². The zero-order valence-corrected chi connectivity index (χ0v) is 32.2. The lowest BCUT2D eigenvalue weighted by molar-refractivity contribution is -0.194. The highest BCUT2D eigenvalue weighted by atomic mass is 16.6. The van der Waals surface area contributed by atoms with Crippen LogP contribution in [0.25, 0.3) is 0 Å². The minimum Gasteiger partial charge on any atom is -0.493 e. The van der Waals surface area contributed by atoms with Crippen molar-refractivity contribution in [3.63, 3.8) is 0 Å². The highest BCUT2D eigenvalue weighted by Gasteiger charge is 2.59. The normalized spacial score (nSPS) is 22.3. The third kappa shape index (κ3) is 12.0. The Morgan fingerprint density at radius 1 is 0.593 bits per heavy atom. The van der Waals surface area contributed by atoms with Crippen molar-refractivity contribution in [1.82, 2.24) is 0 Å². The van der Waals surface area contributed by atoms with Crippen LogP contribution in [0.15, 0.2) is 73.8 Å². The van der Waals surface area contributed by atoms with Gasteiger partial charge in [-0.1, -0.05) is 52.7 Å². The van der Waals surface area contributed by atoms with Gasteiger partial charge in [0.05, 0.1) is 37.6 Å². The fourth-order valence-corrected chi connectivity index (χ4v) is 7.79. The van der Waals surface area contributed by atoms with Gasteiger partial charge in [0.15, 0.2) is 11.2 Å². The van der Waals surface area contributed by atoms with E-state index in [1.165, 1.54) is 0 Å². The minimum absolute atomic E-state index is 0.222. The van der Waals surface area contributed by atoms with Gasteiger partial charge < -0.3 is 28.4 Å². The second-order valence-corrected chi connectivity index (χ2v) is 14.4. The number of carbonyl (C=O) groups is 4. The third-order valence-electron chi connectivity index (χ3n) is 10.7. The van der Waals surface area contributed by atoms with E-state index >= 15 is 0 Å². The Morgan fingerprint density at radius 3 is 1.26 bits per heavy atom. The fourth-order valence-electron chi connectivity index (χ4n) is 7.79. The lowest BCUT2D eigenvalue weighted by Gasteiger charge is -2.54. The van der Waals surface area contributed by atoms with Crippen LogP contribution in [0.4, 0.5) is 0 Å². The van der Waals surface area contributed by atoms with E-state index in [1.807, 2.05) is 0 Å². The Bertz CT molecular complexity index is 1400. The number of hydrogen-bond donors (Lipinski definition) is 0. The summed E-state index contributed by atoms with van der Waals surface area (Å²) in [5.41, 5.74) is -1.16. The molecular weight excluding hydrogens is 688 g/mol. The molecule has 2 saturated carbocycles. The van der Waals surface area contributed by atoms with Crippen LogP contribution in [0.1, 0.15) is 124 Å². The molecule has 0 atom stereocenters. The second kappa shape index (κ2) is 21.3. The van der Waals surface area contributed by atoms with Gasteiger partial charge in [0, 0.05) is 25.0 Å².